The normalized spacial score (nSPS) is 18.9. The number of nitriles is 1. The van der Waals surface area contributed by atoms with Gasteiger partial charge in [0, 0.05) is 30.4 Å². The number of hydrogen-bond acceptors (Lipinski definition) is 6. The Morgan fingerprint density at radius 3 is 2.55 bits per heavy atom. The zero-order chi connectivity index (χ0) is 21.4. The van der Waals surface area contributed by atoms with Crippen molar-refractivity contribution in [1.82, 2.24) is 15.0 Å². The van der Waals surface area contributed by atoms with Crippen LogP contribution in [0.1, 0.15) is 46.8 Å². The van der Waals surface area contributed by atoms with E-state index in [-0.39, 0.29) is 16.5 Å². The van der Waals surface area contributed by atoms with Gasteiger partial charge in [0.1, 0.15) is 11.6 Å². The van der Waals surface area contributed by atoms with Crippen LogP contribution >= 0.6 is 11.8 Å². The van der Waals surface area contributed by atoms with E-state index < -0.39 is 5.56 Å². The summed E-state index contributed by atoms with van der Waals surface area (Å²) in [7, 11) is 0. The molecule has 0 fully saturated rings. The second kappa shape index (κ2) is 7.89. The Hall–Kier alpha value is -3.63. The highest BCUT2D eigenvalue weighted by molar-refractivity contribution is 7.99. The number of nitrogen functional groups attached to an aromatic ring is 1. The Balaban J connectivity index is 1.80. The van der Waals surface area contributed by atoms with Crippen molar-refractivity contribution in [2.75, 3.05) is 5.73 Å². The molecule has 1 aliphatic carbocycles. The number of allylic oxidation sites excluding steroid dienone is 2. The van der Waals surface area contributed by atoms with Gasteiger partial charge < -0.3 is 10.7 Å². The van der Waals surface area contributed by atoms with Crippen LogP contribution in [0.15, 0.2) is 70.0 Å². The molecule has 1 aliphatic heterocycles. The van der Waals surface area contributed by atoms with Crippen LogP contribution in [0, 0.1) is 11.3 Å². The summed E-state index contributed by atoms with van der Waals surface area (Å²) in [5, 5.41) is 10.3. The van der Waals surface area contributed by atoms with E-state index >= 15 is 0 Å². The molecule has 3 aromatic rings. The van der Waals surface area contributed by atoms with Gasteiger partial charge in [-0.2, -0.15) is 5.26 Å². The number of rotatable bonds is 2. The molecule has 31 heavy (non-hydrogen) atoms. The first-order valence-electron chi connectivity index (χ1n) is 10.0. The van der Waals surface area contributed by atoms with Gasteiger partial charge in [0.05, 0.1) is 16.0 Å². The number of H-pyrrole nitrogens is 1. The summed E-state index contributed by atoms with van der Waals surface area (Å²) < 4.78 is 0. The maximum Gasteiger partial charge on any atom is 0.268 e. The quantitative estimate of drug-likeness (QED) is 0.626. The van der Waals surface area contributed by atoms with E-state index in [9.17, 15) is 10.1 Å². The Labute approximate surface area is 183 Å². The number of anilines is 1. The Bertz CT molecular complexity index is 1320. The van der Waals surface area contributed by atoms with Gasteiger partial charge in [0.25, 0.3) is 5.56 Å². The zero-order valence-electron chi connectivity index (χ0n) is 16.6. The van der Waals surface area contributed by atoms with Gasteiger partial charge in [-0.05, 0) is 71.4 Å². The van der Waals surface area contributed by atoms with Crippen molar-refractivity contribution in [3.8, 4) is 6.07 Å². The lowest BCUT2D eigenvalue weighted by Crippen LogP contribution is -2.22. The fraction of sp³-hybridized carbons (Fsp3) is 0.167. The van der Waals surface area contributed by atoms with Crippen molar-refractivity contribution in [3.05, 3.63) is 92.8 Å². The molecule has 3 N–H and O–H groups in total. The van der Waals surface area contributed by atoms with Crippen LogP contribution in [0.3, 0.4) is 0 Å². The minimum absolute atomic E-state index is 0.0256. The van der Waals surface area contributed by atoms with Crippen LogP contribution < -0.4 is 11.3 Å². The second-order valence-electron chi connectivity index (χ2n) is 7.54. The summed E-state index contributed by atoms with van der Waals surface area (Å²) in [5.41, 5.74) is 12.7. The lowest BCUT2D eigenvalue weighted by molar-refractivity contribution is 0.763. The fourth-order valence-electron chi connectivity index (χ4n) is 4.36. The summed E-state index contributed by atoms with van der Waals surface area (Å²) in [5.74, 6) is 0. The molecule has 1 atom stereocenters. The molecule has 5 rings (SSSR count). The van der Waals surface area contributed by atoms with Crippen molar-refractivity contribution in [2.24, 2.45) is 0 Å². The molecular formula is C24H19N5OS. The number of fused-ring (bicyclic) bond motifs is 2. The lowest BCUT2D eigenvalue weighted by Gasteiger charge is -2.35. The highest BCUT2D eigenvalue weighted by Crippen LogP contribution is 2.56. The van der Waals surface area contributed by atoms with Crippen LogP contribution in [0.4, 0.5) is 5.69 Å². The molecule has 4 heterocycles. The molecule has 0 saturated heterocycles. The highest BCUT2D eigenvalue weighted by atomic mass is 32.2. The molecule has 0 radical (unpaired) electrons. The fourth-order valence-corrected chi connectivity index (χ4v) is 5.74. The van der Waals surface area contributed by atoms with Crippen molar-refractivity contribution in [3.63, 3.8) is 0 Å². The maximum atomic E-state index is 12.5. The van der Waals surface area contributed by atoms with Crippen molar-refractivity contribution in [2.45, 2.75) is 29.5 Å². The molecule has 0 amide bonds. The van der Waals surface area contributed by atoms with Gasteiger partial charge in [-0.15, -0.1) is 0 Å². The standard InChI is InChI=1S/C24H19N5OS/c25-13-18-21(26)20-19-16(12-14-4-8-27-9-5-14)2-1-3-17(19)22(15-6-10-28-11-7-15)31-24(20)29-23(18)30/h4-12,22H,1-3H2,(H3,26,29,30). The highest BCUT2D eigenvalue weighted by Gasteiger charge is 2.35. The number of aromatic amines is 1. The number of nitrogens with zero attached hydrogens (tertiary/aromatic N) is 3. The number of aromatic nitrogens is 3. The third-order valence-corrected chi connectivity index (χ3v) is 7.06. The van der Waals surface area contributed by atoms with E-state index in [2.05, 4.69) is 21.0 Å². The number of thioether (sulfide) groups is 1. The topological polar surface area (TPSA) is 108 Å². The van der Waals surface area contributed by atoms with Gasteiger partial charge in [0.2, 0.25) is 0 Å². The molecule has 0 bridgehead atoms. The molecule has 0 aromatic carbocycles. The first-order chi connectivity index (χ1) is 15.2. The molecule has 2 aliphatic rings. The van der Waals surface area contributed by atoms with Gasteiger partial charge in [-0.1, -0.05) is 17.8 Å². The molecule has 6 nitrogen and oxygen atoms in total. The number of hydrogen-bond donors (Lipinski definition) is 2. The second-order valence-corrected chi connectivity index (χ2v) is 8.66. The maximum absolute atomic E-state index is 12.5. The van der Waals surface area contributed by atoms with Crippen molar-refractivity contribution < 1.29 is 0 Å². The number of pyridine rings is 3. The number of nitrogens with two attached hydrogens (primary N) is 1. The Kier molecular flexibility index (Phi) is 4.92. The molecule has 3 aromatic heterocycles. The van der Waals surface area contributed by atoms with E-state index in [1.165, 1.54) is 5.57 Å². The third-order valence-electron chi connectivity index (χ3n) is 5.72. The average molecular weight is 426 g/mol. The predicted octanol–water partition coefficient (Wildman–Crippen LogP) is 4.49. The van der Waals surface area contributed by atoms with Gasteiger partial charge in [-0.3, -0.25) is 14.8 Å². The third kappa shape index (κ3) is 3.35. The largest absolute Gasteiger partial charge is 0.397 e. The SMILES string of the molecule is N#Cc1c(N)c2c([nH]c1=O)SC(c1ccncc1)C1=C2C(=Cc2ccncc2)CCC1. The summed E-state index contributed by atoms with van der Waals surface area (Å²) in [4.78, 5) is 23.7. The van der Waals surface area contributed by atoms with Crippen LogP contribution in [0.2, 0.25) is 0 Å². The molecule has 152 valence electrons. The van der Waals surface area contributed by atoms with Crippen LogP contribution in [-0.4, -0.2) is 15.0 Å². The molecule has 7 heteroatoms. The first-order valence-corrected chi connectivity index (χ1v) is 10.9. The minimum Gasteiger partial charge on any atom is -0.397 e. The summed E-state index contributed by atoms with van der Waals surface area (Å²) in [6, 6.07) is 9.95. The molecule has 0 spiro atoms. The zero-order valence-corrected chi connectivity index (χ0v) is 17.4. The van der Waals surface area contributed by atoms with E-state index in [4.69, 9.17) is 5.73 Å². The van der Waals surface area contributed by atoms with Gasteiger partial charge in [0.15, 0.2) is 0 Å². The van der Waals surface area contributed by atoms with Gasteiger partial charge >= 0.3 is 0 Å². The summed E-state index contributed by atoms with van der Waals surface area (Å²) >= 11 is 1.58. The van der Waals surface area contributed by atoms with Crippen LogP contribution in [-0.2, 0) is 0 Å². The van der Waals surface area contributed by atoms with E-state index in [0.29, 0.717) is 5.03 Å². The van der Waals surface area contributed by atoms with Crippen LogP contribution in [0.25, 0.3) is 11.6 Å². The minimum atomic E-state index is -0.445. The summed E-state index contributed by atoms with van der Waals surface area (Å²) in [6.45, 7) is 0. The first kappa shape index (κ1) is 19.3. The predicted molar refractivity (Wildman–Crippen MR) is 122 cm³/mol. The monoisotopic (exact) mass is 425 g/mol. The van der Waals surface area contributed by atoms with E-state index in [1.807, 2.05) is 30.3 Å². The smallest absolute Gasteiger partial charge is 0.268 e. The van der Waals surface area contributed by atoms with Crippen molar-refractivity contribution in [1.29, 1.82) is 5.26 Å². The molecular weight excluding hydrogens is 406 g/mol. The van der Waals surface area contributed by atoms with Crippen LogP contribution in [0.5, 0.6) is 0 Å². The molecule has 1 unspecified atom stereocenters. The lowest BCUT2D eigenvalue weighted by atomic mass is 9.79. The molecule has 0 saturated carbocycles. The van der Waals surface area contributed by atoms with E-state index in [0.717, 1.165) is 47.1 Å². The van der Waals surface area contributed by atoms with Crippen molar-refractivity contribution >= 4 is 29.1 Å². The number of nitrogens with one attached hydrogen (secondary N) is 1. The van der Waals surface area contributed by atoms with Gasteiger partial charge in [-0.25, -0.2) is 0 Å². The average Bonchev–Trinajstić information content (AvgIpc) is 2.80. The Morgan fingerprint density at radius 1 is 1.13 bits per heavy atom. The Morgan fingerprint density at radius 2 is 1.84 bits per heavy atom. The summed E-state index contributed by atoms with van der Waals surface area (Å²) in [6.07, 6.45) is 12.1. The van der Waals surface area contributed by atoms with E-state index in [1.54, 1.807) is 36.5 Å².